The number of carbonyl (C=O) groups is 1. The second kappa shape index (κ2) is 5.94. The van der Waals surface area contributed by atoms with Crippen molar-refractivity contribution in [2.45, 2.75) is 0 Å². The van der Waals surface area contributed by atoms with Gasteiger partial charge in [0, 0.05) is 24.7 Å². The molecule has 20 heavy (non-hydrogen) atoms. The average molecular weight is 271 g/mol. The van der Waals surface area contributed by atoms with E-state index >= 15 is 0 Å². The Kier molecular flexibility index (Phi) is 4.07. The number of hydrogen-bond donors (Lipinski definition) is 1. The van der Waals surface area contributed by atoms with Gasteiger partial charge in [-0.2, -0.15) is 0 Å². The second-order valence-corrected chi connectivity index (χ2v) is 4.00. The summed E-state index contributed by atoms with van der Waals surface area (Å²) in [6.07, 6.45) is 0. The van der Waals surface area contributed by atoms with Gasteiger partial charge in [-0.3, -0.25) is 14.9 Å². The lowest BCUT2D eigenvalue weighted by molar-refractivity contribution is -0.384. The van der Waals surface area contributed by atoms with E-state index in [2.05, 4.69) is 5.43 Å². The van der Waals surface area contributed by atoms with Crippen LogP contribution in [0.4, 0.5) is 11.4 Å². The summed E-state index contributed by atoms with van der Waals surface area (Å²) in [6.45, 7) is 0. The molecule has 0 saturated heterocycles. The van der Waals surface area contributed by atoms with E-state index in [1.54, 1.807) is 19.2 Å². The number of hydrogen-bond acceptors (Lipinski definition) is 4. The maximum atomic E-state index is 12.4. The van der Waals surface area contributed by atoms with Crippen LogP contribution in [0.2, 0.25) is 0 Å². The van der Waals surface area contributed by atoms with Gasteiger partial charge < -0.3 is 0 Å². The molecule has 0 bridgehead atoms. The predicted molar refractivity (Wildman–Crippen MR) is 75.4 cm³/mol. The summed E-state index contributed by atoms with van der Waals surface area (Å²) in [5, 5.41) is 12.0. The zero-order valence-electron chi connectivity index (χ0n) is 10.8. The number of nitro groups is 1. The summed E-state index contributed by atoms with van der Waals surface area (Å²) in [7, 11) is 1.64. The molecular formula is C14H13N3O3. The zero-order chi connectivity index (χ0) is 14.5. The van der Waals surface area contributed by atoms with E-state index in [1.165, 1.54) is 29.3 Å². The van der Waals surface area contributed by atoms with Crippen LogP contribution >= 0.6 is 0 Å². The number of anilines is 1. The van der Waals surface area contributed by atoms with Crippen molar-refractivity contribution in [3.05, 3.63) is 70.3 Å². The van der Waals surface area contributed by atoms with Gasteiger partial charge in [-0.1, -0.05) is 18.2 Å². The van der Waals surface area contributed by atoms with Crippen molar-refractivity contribution in [1.29, 1.82) is 0 Å². The van der Waals surface area contributed by atoms with Gasteiger partial charge in [0.25, 0.3) is 11.6 Å². The third kappa shape index (κ3) is 2.81. The van der Waals surface area contributed by atoms with Gasteiger partial charge in [0.1, 0.15) is 0 Å². The Bertz CT molecular complexity index is 611. The van der Waals surface area contributed by atoms with Crippen molar-refractivity contribution in [3.63, 3.8) is 0 Å². The number of amides is 1. The van der Waals surface area contributed by atoms with E-state index in [0.717, 1.165) is 0 Å². The quantitative estimate of drug-likeness (QED) is 0.684. The Labute approximate surface area is 115 Å². The van der Waals surface area contributed by atoms with Crippen molar-refractivity contribution in [2.24, 2.45) is 0 Å². The molecule has 0 heterocycles. The van der Waals surface area contributed by atoms with Crippen LogP contribution in [0.5, 0.6) is 0 Å². The number of rotatable bonds is 4. The molecule has 6 nitrogen and oxygen atoms in total. The predicted octanol–water partition coefficient (Wildman–Crippen LogP) is 2.38. The maximum absolute atomic E-state index is 12.4. The fraction of sp³-hybridized carbons (Fsp3) is 0.0714. The molecule has 2 rings (SSSR count). The molecular weight excluding hydrogens is 258 g/mol. The number of nitrogens with one attached hydrogen (secondary N) is 1. The monoisotopic (exact) mass is 271 g/mol. The van der Waals surface area contributed by atoms with Crippen LogP contribution in [-0.2, 0) is 0 Å². The van der Waals surface area contributed by atoms with Gasteiger partial charge in [-0.15, -0.1) is 0 Å². The summed E-state index contributed by atoms with van der Waals surface area (Å²) < 4.78 is 0. The average Bonchev–Trinajstić information content (AvgIpc) is 2.49. The topological polar surface area (TPSA) is 75.5 Å². The number of nitro benzene ring substituents is 1. The lowest BCUT2D eigenvalue weighted by Gasteiger charge is -2.21. The Morgan fingerprint density at radius 3 is 2.20 bits per heavy atom. The summed E-state index contributed by atoms with van der Waals surface area (Å²) in [6, 6.07) is 14.6. The van der Waals surface area contributed by atoms with Crippen molar-refractivity contribution in [1.82, 2.24) is 5.43 Å². The van der Waals surface area contributed by atoms with Crippen LogP contribution in [0.3, 0.4) is 0 Å². The molecule has 0 aliphatic carbocycles. The first-order valence-electron chi connectivity index (χ1n) is 5.95. The molecule has 2 aromatic rings. The minimum Gasteiger partial charge on any atom is -0.267 e. The number of para-hydroxylation sites is 1. The summed E-state index contributed by atoms with van der Waals surface area (Å²) >= 11 is 0. The molecule has 0 aliphatic rings. The van der Waals surface area contributed by atoms with E-state index in [0.29, 0.717) is 11.3 Å². The van der Waals surface area contributed by atoms with Crippen LogP contribution in [0.25, 0.3) is 0 Å². The second-order valence-electron chi connectivity index (χ2n) is 4.00. The van der Waals surface area contributed by atoms with E-state index in [-0.39, 0.29) is 11.6 Å². The third-order valence-corrected chi connectivity index (χ3v) is 2.77. The minimum absolute atomic E-state index is 0.0442. The van der Waals surface area contributed by atoms with Crippen molar-refractivity contribution < 1.29 is 9.72 Å². The van der Waals surface area contributed by atoms with Crippen molar-refractivity contribution >= 4 is 17.3 Å². The molecule has 0 aliphatic heterocycles. The number of nitrogens with zero attached hydrogens (tertiary/aromatic N) is 2. The molecule has 0 spiro atoms. The first-order valence-corrected chi connectivity index (χ1v) is 5.95. The number of hydrazine groups is 1. The molecule has 1 N–H and O–H groups in total. The molecule has 0 atom stereocenters. The van der Waals surface area contributed by atoms with Gasteiger partial charge in [-0.05, 0) is 24.3 Å². The maximum Gasteiger partial charge on any atom is 0.272 e. The van der Waals surface area contributed by atoms with Crippen LogP contribution in [0.15, 0.2) is 54.6 Å². The Hall–Kier alpha value is -2.73. The highest BCUT2D eigenvalue weighted by molar-refractivity contribution is 6.05. The normalized spacial score (nSPS) is 10.1. The largest absolute Gasteiger partial charge is 0.272 e. The van der Waals surface area contributed by atoms with Crippen LogP contribution in [0.1, 0.15) is 10.4 Å². The first-order chi connectivity index (χ1) is 9.63. The molecule has 102 valence electrons. The highest BCUT2D eigenvalue weighted by atomic mass is 16.6. The highest BCUT2D eigenvalue weighted by Crippen LogP contribution is 2.17. The fourth-order valence-electron chi connectivity index (χ4n) is 1.78. The molecule has 0 saturated carbocycles. The highest BCUT2D eigenvalue weighted by Gasteiger charge is 2.17. The zero-order valence-corrected chi connectivity index (χ0v) is 10.8. The Morgan fingerprint density at radius 2 is 1.70 bits per heavy atom. The van der Waals surface area contributed by atoms with Gasteiger partial charge in [-0.25, -0.2) is 10.4 Å². The van der Waals surface area contributed by atoms with E-state index in [1.807, 2.05) is 18.2 Å². The number of benzene rings is 2. The lowest BCUT2D eigenvalue weighted by atomic mass is 10.2. The molecule has 0 unspecified atom stereocenters. The van der Waals surface area contributed by atoms with Gasteiger partial charge in [0.05, 0.1) is 10.6 Å². The molecule has 1 amide bonds. The SMILES string of the molecule is CNN(C(=O)c1ccc([N+](=O)[O-])cc1)c1ccccc1. The van der Waals surface area contributed by atoms with Crippen LogP contribution in [-0.4, -0.2) is 17.9 Å². The molecule has 6 heteroatoms. The van der Waals surface area contributed by atoms with Crippen LogP contribution < -0.4 is 10.4 Å². The van der Waals surface area contributed by atoms with E-state index < -0.39 is 4.92 Å². The molecule has 0 aromatic heterocycles. The Morgan fingerprint density at radius 1 is 1.10 bits per heavy atom. The van der Waals surface area contributed by atoms with Crippen molar-refractivity contribution in [2.75, 3.05) is 12.1 Å². The molecule has 2 aromatic carbocycles. The number of carbonyl (C=O) groups excluding carboxylic acids is 1. The van der Waals surface area contributed by atoms with Gasteiger partial charge in [0.15, 0.2) is 0 Å². The summed E-state index contributed by atoms with van der Waals surface area (Å²) in [4.78, 5) is 22.4. The molecule has 0 fully saturated rings. The number of non-ortho nitro benzene ring substituents is 1. The van der Waals surface area contributed by atoms with Gasteiger partial charge >= 0.3 is 0 Å². The van der Waals surface area contributed by atoms with E-state index in [9.17, 15) is 14.9 Å². The van der Waals surface area contributed by atoms with Gasteiger partial charge in [0.2, 0.25) is 0 Å². The summed E-state index contributed by atoms with van der Waals surface area (Å²) in [5.74, 6) is -0.284. The van der Waals surface area contributed by atoms with Crippen molar-refractivity contribution in [3.8, 4) is 0 Å². The standard InChI is InChI=1S/C14H13N3O3/c1-15-16(12-5-3-2-4-6-12)14(18)11-7-9-13(10-8-11)17(19)20/h2-10,15H,1H3. The smallest absolute Gasteiger partial charge is 0.267 e. The molecule has 0 radical (unpaired) electrons. The van der Waals surface area contributed by atoms with E-state index in [4.69, 9.17) is 0 Å². The fourth-order valence-corrected chi connectivity index (χ4v) is 1.78. The summed E-state index contributed by atoms with van der Waals surface area (Å²) in [5.41, 5.74) is 3.82. The Balaban J connectivity index is 2.27. The third-order valence-electron chi connectivity index (χ3n) is 2.77. The van der Waals surface area contributed by atoms with Crippen LogP contribution in [0, 0.1) is 10.1 Å². The minimum atomic E-state index is -0.499. The first kappa shape index (κ1) is 13.7. The lowest BCUT2D eigenvalue weighted by Crippen LogP contribution is -2.40.